The number of nitrogens with two attached hydrogens (primary N) is 1. The van der Waals surface area contributed by atoms with Gasteiger partial charge in [-0.1, -0.05) is 45.0 Å². The van der Waals surface area contributed by atoms with Crippen LogP contribution in [0.5, 0.6) is 0 Å². The van der Waals surface area contributed by atoms with E-state index in [0.29, 0.717) is 5.92 Å². The second-order valence-corrected chi connectivity index (χ2v) is 7.00. The Bertz CT molecular complexity index is 619. The molecule has 0 saturated heterocycles. The third-order valence-electron chi connectivity index (χ3n) is 4.30. The molecule has 1 atom stereocenters. The molecule has 0 fully saturated rings. The Morgan fingerprint density at radius 2 is 1.95 bits per heavy atom. The van der Waals surface area contributed by atoms with Gasteiger partial charge in [-0.3, -0.25) is 0 Å². The summed E-state index contributed by atoms with van der Waals surface area (Å²) in [5.41, 5.74) is 8.37. The maximum Gasteiger partial charge on any atom is 0.181 e. The molecule has 0 bridgehead atoms. The number of nitrogens with zero attached hydrogens (tertiary/aromatic N) is 3. The minimum atomic E-state index is 0.174. The van der Waals surface area contributed by atoms with Crippen molar-refractivity contribution in [2.75, 3.05) is 6.54 Å². The second-order valence-electron chi connectivity index (χ2n) is 7.00. The maximum absolute atomic E-state index is 5.77. The van der Waals surface area contributed by atoms with E-state index in [9.17, 15) is 0 Å². The summed E-state index contributed by atoms with van der Waals surface area (Å²) in [7, 11) is 0. The fraction of sp³-hybridized carbons (Fsp3) is 0.529. The minimum Gasteiger partial charge on any atom is -0.330 e. The highest BCUT2D eigenvalue weighted by molar-refractivity contribution is 5.55. The van der Waals surface area contributed by atoms with Crippen LogP contribution in [0.1, 0.15) is 38.6 Å². The van der Waals surface area contributed by atoms with Crippen molar-refractivity contribution in [1.29, 1.82) is 0 Å². The molecule has 112 valence electrons. The summed E-state index contributed by atoms with van der Waals surface area (Å²) in [4.78, 5) is 4.69. The van der Waals surface area contributed by atoms with Crippen LogP contribution >= 0.6 is 0 Å². The normalized spacial score (nSPS) is 18.6. The molecule has 0 spiro atoms. The summed E-state index contributed by atoms with van der Waals surface area (Å²) >= 11 is 0. The van der Waals surface area contributed by atoms with Crippen LogP contribution in [0.25, 0.3) is 11.4 Å². The number of aromatic nitrogens is 3. The largest absolute Gasteiger partial charge is 0.330 e. The molecule has 1 aromatic carbocycles. The van der Waals surface area contributed by atoms with Crippen LogP contribution < -0.4 is 5.73 Å². The molecule has 1 aromatic heterocycles. The van der Waals surface area contributed by atoms with E-state index in [0.717, 1.165) is 43.1 Å². The quantitative estimate of drug-likeness (QED) is 0.922. The summed E-state index contributed by atoms with van der Waals surface area (Å²) in [6.45, 7) is 8.31. The number of hydrogen-bond donors (Lipinski definition) is 1. The Kier molecular flexibility index (Phi) is 3.57. The number of rotatable bonds is 2. The molecule has 1 unspecified atom stereocenters. The summed E-state index contributed by atoms with van der Waals surface area (Å²) < 4.78 is 2.04. The Hall–Kier alpha value is -1.68. The molecule has 0 aliphatic carbocycles. The predicted molar refractivity (Wildman–Crippen MR) is 85.0 cm³/mol. The third kappa shape index (κ3) is 2.86. The lowest BCUT2D eigenvalue weighted by molar-refractivity contribution is 0.350. The minimum absolute atomic E-state index is 0.174. The molecular weight excluding hydrogens is 260 g/mol. The van der Waals surface area contributed by atoms with Crippen molar-refractivity contribution in [2.45, 2.75) is 45.6 Å². The van der Waals surface area contributed by atoms with Crippen molar-refractivity contribution in [1.82, 2.24) is 14.8 Å². The molecule has 3 rings (SSSR count). The Morgan fingerprint density at radius 3 is 2.57 bits per heavy atom. The molecule has 21 heavy (non-hydrogen) atoms. The van der Waals surface area contributed by atoms with Crippen LogP contribution in [-0.2, 0) is 18.4 Å². The SMILES string of the molecule is CC(C)(C)c1ccc(-c2nc3n(n2)CC(CN)CC3)cc1. The van der Waals surface area contributed by atoms with E-state index in [2.05, 4.69) is 50.1 Å². The maximum atomic E-state index is 5.77. The first-order chi connectivity index (χ1) is 9.97. The number of aryl methyl sites for hydroxylation is 1. The standard InChI is InChI=1S/C17H24N4/c1-17(2,3)14-7-5-13(6-8-14)16-19-15-9-4-12(10-18)11-21(15)20-16/h5-8,12H,4,9-11,18H2,1-3H3. The first-order valence-corrected chi connectivity index (χ1v) is 7.72. The summed E-state index contributed by atoms with van der Waals surface area (Å²) in [5.74, 6) is 2.47. The monoisotopic (exact) mass is 284 g/mol. The highest BCUT2D eigenvalue weighted by atomic mass is 15.4. The molecule has 2 aromatic rings. The zero-order valence-electron chi connectivity index (χ0n) is 13.1. The van der Waals surface area contributed by atoms with Gasteiger partial charge in [0.05, 0.1) is 0 Å². The lowest BCUT2D eigenvalue weighted by Crippen LogP contribution is -2.27. The molecule has 0 amide bonds. The average molecular weight is 284 g/mol. The summed E-state index contributed by atoms with van der Waals surface area (Å²) in [6, 6.07) is 8.61. The van der Waals surface area contributed by atoms with Gasteiger partial charge in [0.15, 0.2) is 5.82 Å². The van der Waals surface area contributed by atoms with Crippen LogP contribution in [0, 0.1) is 5.92 Å². The van der Waals surface area contributed by atoms with Crippen molar-refractivity contribution in [2.24, 2.45) is 11.7 Å². The van der Waals surface area contributed by atoms with Crippen LogP contribution in [0.4, 0.5) is 0 Å². The van der Waals surface area contributed by atoms with Crippen molar-refractivity contribution in [3.8, 4) is 11.4 Å². The molecule has 0 saturated carbocycles. The Morgan fingerprint density at radius 1 is 1.24 bits per heavy atom. The van der Waals surface area contributed by atoms with Crippen molar-refractivity contribution in [3.05, 3.63) is 35.7 Å². The van der Waals surface area contributed by atoms with E-state index >= 15 is 0 Å². The molecule has 4 nitrogen and oxygen atoms in total. The van der Waals surface area contributed by atoms with Gasteiger partial charge in [0, 0.05) is 18.5 Å². The van der Waals surface area contributed by atoms with E-state index in [1.807, 2.05) is 4.68 Å². The molecule has 4 heteroatoms. The van der Waals surface area contributed by atoms with E-state index in [1.54, 1.807) is 0 Å². The number of hydrogen-bond acceptors (Lipinski definition) is 3. The summed E-state index contributed by atoms with van der Waals surface area (Å²) in [5, 5.41) is 4.66. The lowest BCUT2D eigenvalue weighted by atomic mass is 9.87. The van der Waals surface area contributed by atoms with Crippen LogP contribution in [0.2, 0.25) is 0 Å². The predicted octanol–water partition coefficient (Wildman–Crippen LogP) is 2.76. The number of fused-ring (bicyclic) bond motifs is 1. The second kappa shape index (κ2) is 5.26. The van der Waals surface area contributed by atoms with Gasteiger partial charge in [-0.05, 0) is 29.9 Å². The van der Waals surface area contributed by atoms with Gasteiger partial charge in [0.25, 0.3) is 0 Å². The Labute approximate surface area is 126 Å². The van der Waals surface area contributed by atoms with E-state index < -0.39 is 0 Å². The van der Waals surface area contributed by atoms with E-state index in [1.165, 1.54) is 5.56 Å². The highest BCUT2D eigenvalue weighted by Crippen LogP contribution is 2.26. The molecule has 2 heterocycles. The molecule has 2 N–H and O–H groups in total. The summed E-state index contributed by atoms with van der Waals surface area (Å²) in [6.07, 6.45) is 2.10. The van der Waals surface area contributed by atoms with Crippen molar-refractivity contribution in [3.63, 3.8) is 0 Å². The van der Waals surface area contributed by atoms with Crippen molar-refractivity contribution >= 4 is 0 Å². The molecule has 1 aliphatic heterocycles. The van der Waals surface area contributed by atoms with Gasteiger partial charge < -0.3 is 5.73 Å². The molecule has 1 aliphatic rings. The van der Waals surface area contributed by atoms with Gasteiger partial charge >= 0.3 is 0 Å². The van der Waals surface area contributed by atoms with Gasteiger partial charge in [-0.2, -0.15) is 5.10 Å². The van der Waals surface area contributed by atoms with Crippen molar-refractivity contribution < 1.29 is 0 Å². The average Bonchev–Trinajstić information content (AvgIpc) is 2.89. The van der Waals surface area contributed by atoms with Gasteiger partial charge in [0.1, 0.15) is 5.82 Å². The number of benzene rings is 1. The Balaban J connectivity index is 1.87. The first kappa shape index (κ1) is 14.3. The smallest absolute Gasteiger partial charge is 0.181 e. The molecule has 0 radical (unpaired) electrons. The van der Waals surface area contributed by atoms with E-state index in [-0.39, 0.29) is 5.41 Å². The van der Waals surface area contributed by atoms with E-state index in [4.69, 9.17) is 10.7 Å². The van der Waals surface area contributed by atoms with Crippen LogP contribution in [-0.4, -0.2) is 21.3 Å². The van der Waals surface area contributed by atoms with Gasteiger partial charge in [-0.15, -0.1) is 0 Å². The topological polar surface area (TPSA) is 56.7 Å². The zero-order chi connectivity index (χ0) is 15.0. The van der Waals surface area contributed by atoms with Gasteiger partial charge in [0.2, 0.25) is 0 Å². The zero-order valence-corrected chi connectivity index (χ0v) is 13.1. The lowest BCUT2D eigenvalue weighted by Gasteiger charge is -2.20. The fourth-order valence-corrected chi connectivity index (χ4v) is 2.81. The molecular formula is C17H24N4. The third-order valence-corrected chi connectivity index (χ3v) is 4.30. The first-order valence-electron chi connectivity index (χ1n) is 7.72. The van der Waals surface area contributed by atoms with Crippen LogP contribution in [0.15, 0.2) is 24.3 Å². The van der Waals surface area contributed by atoms with Gasteiger partial charge in [-0.25, -0.2) is 9.67 Å². The fourth-order valence-electron chi connectivity index (χ4n) is 2.81. The highest BCUT2D eigenvalue weighted by Gasteiger charge is 2.21. The van der Waals surface area contributed by atoms with Crippen LogP contribution in [0.3, 0.4) is 0 Å².